The highest BCUT2D eigenvalue weighted by Gasteiger charge is 2.34. The fraction of sp³-hybridized carbons (Fsp3) is 0.529. The fourth-order valence-corrected chi connectivity index (χ4v) is 3.89. The molecule has 1 aliphatic carbocycles. The van der Waals surface area contributed by atoms with Crippen molar-refractivity contribution in [3.63, 3.8) is 0 Å². The number of nitrogen functional groups attached to an aromatic ring is 1. The first-order chi connectivity index (χ1) is 11.7. The Kier molecular flexibility index (Phi) is 4.31. The van der Waals surface area contributed by atoms with Gasteiger partial charge in [-0.2, -0.15) is 4.68 Å². The summed E-state index contributed by atoms with van der Waals surface area (Å²) in [5.41, 5.74) is 6.08. The topological polar surface area (TPSA) is 99.3 Å². The van der Waals surface area contributed by atoms with Gasteiger partial charge in [0.1, 0.15) is 5.82 Å². The van der Waals surface area contributed by atoms with E-state index in [4.69, 9.17) is 11.6 Å². The predicted molar refractivity (Wildman–Crippen MR) is 102 cm³/mol. The Labute approximate surface area is 155 Å². The van der Waals surface area contributed by atoms with Crippen molar-refractivity contribution < 1.29 is 4.39 Å². The zero-order chi connectivity index (χ0) is 18.1. The lowest BCUT2D eigenvalue weighted by Crippen LogP contribution is -2.45. The molecule has 4 rings (SSSR count). The quantitative estimate of drug-likeness (QED) is 0.754. The van der Waals surface area contributed by atoms with Crippen molar-refractivity contribution in [3.05, 3.63) is 38.3 Å². The smallest absolute Gasteiger partial charge is 0.350 e. The van der Waals surface area contributed by atoms with E-state index in [1.807, 2.05) is 11.8 Å². The van der Waals surface area contributed by atoms with Crippen LogP contribution in [0.3, 0.4) is 0 Å². The number of nitrogens with two attached hydrogens (primary N) is 2. The van der Waals surface area contributed by atoms with Crippen LogP contribution in [0.2, 0.25) is 0 Å². The molecule has 1 saturated heterocycles. The van der Waals surface area contributed by atoms with Gasteiger partial charge in [-0.25, -0.2) is 9.18 Å². The number of aryl methyl sites for hydroxylation is 1. The van der Waals surface area contributed by atoms with Gasteiger partial charge in [-0.1, -0.05) is 0 Å². The molecule has 0 radical (unpaired) electrons. The summed E-state index contributed by atoms with van der Waals surface area (Å²) in [4.78, 5) is 26.8. The molecule has 1 aromatic carbocycles. The van der Waals surface area contributed by atoms with Crippen molar-refractivity contribution >= 4 is 29.0 Å². The number of nitrogens with zero attached hydrogens (tertiary/aromatic N) is 3. The van der Waals surface area contributed by atoms with E-state index in [1.54, 1.807) is 11.5 Å². The molecule has 9 heteroatoms. The van der Waals surface area contributed by atoms with Gasteiger partial charge in [0.25, 0.3) is 5.56 Å². The monoisotopic (exact) mass is 383 g/mol. The Morgan fingerprint density at radius 3 is 2.50 bits per heavy atom. The van der Waals surface area contributed by atoms with Crippen molar-refractivity contribution in [1.29, 1.82) is 0 Å². The molecule has 2 aliphatic rings. The van der Waals surface area contributed by atoms with Crippen molar-refractivity contribution in [1.82, 2.24) is 9.24 Å². The molecule has 0 bridgehead atoms. The standard InChI is InChI=1S/C17H22FN5O2.ClH/c1-9-13-11(15(24)23(20)16(25)22(13)10-3-4-10)7-12(18)14(9)21-6-5-17(2,19)8-21;/h7,10H,3-6,8,19-20H2,1-2H3;1H. The Hall–Kier alpha value is -2.06. The molecule has 0 spiro atoms. The Balaban J connectivity index is 0.00000196. The van der Waals surface area contributed by atoms with Gasteiger partial charge in [-0.05, 0) is 39.2 Å². The van der Waals surface area contributed by atoms with Crippen LogP contribution >= 0.6 is 12.4 Å². The summed E-state index contributed by atoms with van der Waals surface area (Å²) < 4.78 is 17.0. The van der Waals surface area contributed by atoms with Crippen LogP contribution in [-0.4, -0.2) is 27.9 Å². The van der Waals surface area contributed by atoms with Gasteiger partial charge in [-0.3, -0.25) is 9.36 Å². The lowest BCUT2D eigenvalue weighted by atomic mass is 10.0. The maximum atomic E-state index is 14.9. The number of rotatable bonds is 2. The van der Waals surface area contributed by atoms with Gasteiger partial charge >= 0.3 is 5.69 Å². The summed E-state index contributed by atoms with van der Waals surface area (Å²) in [7, 11) is 0. The van der Waals surface area contributed by atoms with E-state index < -0.39 is 17.1 Å². The number of halogens is 2. The second kappa shape index (κ2) is 5.99. The molecule has 2 fully saturated rings. The zero-order valence-electron chi connectivity index (χ0n) is 14.8. The van der Waals surface area contributed by atoms with E-state index in [-0.39, 0.29) is 29.4 Å². The van der Waals surface area contributed by atoms with Crippen molar-refractivity contribution in [3.8, 4) is 0 Å². The van der Waals surface area contributed by atoms with Gasteiger partial charge in [0.05, 0.1) is 16.6 Å². The first kappa shape index (κ1) is 18.7. The van der Waals surface area contributed by atoms with Crippen LogP contribution in [0.4, 0.5) is 10.1 Å². The molecule has 26 heavy (non-hydrogen) atoms. The predicted octanol–water partition coefficient (Wildman–Crippen LogP) is 1.01. The van der Waals surface area contributed by atoms with Crippen LogP contribution in [0.5, 0.6) is 0 Å². The van der Waals surface area contributed by atoms with Crippen LogP contribution < -0.4 is 27.7 Å². The summed E-state index contributed by atoms with van der Waals surface area (Å²) >= 11 is 0. The molecule has 142 valence electrons. The van der Waals surface area contributed by atoms with Crippen LogP contribution in [0.15, 0.2) is 15.7 Å². The third-order valence-electron chi connectivity index (χ3n) is 5.30. The molecule has 1 atom stereocenters. The highest BCUT2D eigenvalue weighted by Crippen LogP contribution is 2.39. The Bertz CT molecular complexity index is 1010. The summed E-state index contributed by atoms with van der Waals surface area (Å²) in [5.74, 6) is 5.15. The molecule has 0 amide bonds. The Morgan fingerprint density at radius 2 is 1.96 bits per heavy atom. The van der Waals surface area contributed by atoms with Gasteiger partial charge in [-0.15, -0.1) is 12.4 Å². The summed E-state index contributed by atoms with van der Waals surface area (Å²) in [6.07, 6.45) is 2.46. The molecular formula is C17H23ClFN5O2. The average molecular weight is 384 g/mol. The van der Waals surface area contributed by atoms with Crippen LogP contribution in [0.25, 0.3) is 10.9 Å². The first-order valence-corrected chi connectivity index (χ1v) is 8.50. The number of hydrogen-bond donors (Lipinski definition) is 2. The zero-order valence-corrected chi connectivity index (χ0v) is 15.6. The molecule has 4 N–H and O–H groups in total. The molecular weight excluding hydrogens is 361 g/mol. The number of aromatic nitrogens is 2. The highest BCUT2D eigenvalue weighted by molar-refractivity contribution is 5.87. The van der Waals surface area contributed by atoms with Crippen molar-refractivity contribution in [2.45, 2.75) is 44.7 Å². The molecule has 1 unspecified atom stereocenters. The highest BCUT2D eigenvalue weighted by atomic mass is 35.5. The minimum Gasteiger partial charge on any atom is -0.367 e. The van der Waals surface area contributed by atoms with Crippen LogP contribution in [0.1, 0.15) is 37.8 Å². The molecule has 1 saturated carbocycles. The van der Waals surface area contributed by atoms with E-state index in [1.165, 1.54) is 6.07 Å². The van der Waals surface area contributed by atoms with E-state index in [2.05, 4.69) is 0 Å². The lowest BCUT2D eigenvalue weighted by Gasteiger charge is -2.25. The summed E-state index contributed by atoms with van der Waals surface area (Å²) in [5, 5.41) is 0.141. The molecule has 1 aromatic heterocycles. The van der Waals surface area contributed by atoms with Gasteiger partial charge in [0, 0.05) is 30.2 Å². The molecule has 7 nitrogen and oxygen atoms in total. The first-order valence-electron chi connectivity index (χ1n) is 8.50. The number of fused-ring (bicyclic) bond motifs is 1. The van der Waals surface area contributed by atoms with Crippen LogP contribution in [0, 0.1) is 12.7 Å². The third kappa shape index (κ3) is 2.68. The summed E-state index contributed by atoms with van der Waals surface area (Å²) in [6.45, 7) is 4.86. The van der Waals surface area contributed by atoms with Gasteiger partial charge in [0.2, 0.25) is 0 Å². The normalized spacial score (nSPS) is 22.7. The minimum atomic E-state index is -0.671. The second-order valence-electron chi connectivity index (χ2n) is 7.61. The van der Waals surface area contributed by atoms with E-state index in [0.717, 1.165) is 19.3 Å². The van der Waals surface area contributed by atoms with E-state index >= 15 is 0 Å². The number of anilines is 1. The van der Waals surface area contributed by atoms with Crippen LogP contribution in [-0.2, 0) is 0 Å². The maximum absolute atomic E-state index is 14.9. The fourth-order valence-electron chi connectivity index (χ4n) is 3.89. The molecule has 1 aliphatic heterocycles. The SMILES string of the molecule is Cc1c(N2CCC(C)(N)C2)c(F)cc2c(=O)n(N)c(=O)n(C3CC3)c12.Cl. The minimum absolute atomic E-state index is 0. The Morgan fingerprint density at radius 1 is 1.31 bits per heavy atom. The molecule has 2 aromatic rings. The molecule has 2 heterocycles. The van der Waals surface area contributed by atoms with Crippen molar-refractivity contribution in [2.75, 3.05) is 23.8 Å². The van der Waals surface area contributed by atoms with E-state index in [9.17, 15) is 14.0 Å². The lowest BCUT2D eigenvalue weighted by molar-refractivity contribution is 0.524. The average Bonchev–Trinajstić information content (AvgIpc) is 3.30. The van der Waals surface area contributed by atoms with Gasteiger partial charge in [0.15, 0.2) is 0 Å². The number of hydrogen-bond acceptors (Lipinski definition) is 5. The van der Waals surface area contributed by atoms with E-state index in [0.29, 0.717) is 34.5 Å². The summed E-state index contributed by atoms with van der Waals surface area (Å²) in [6, 6.07) is 1.22. The maximum Gasteiger partial charge on any atom is 0.350 e. The largest absolute Gasteiger partial charge is 0.367 e. The van der Waals surface area contributed by atoms with Crippen molar-refractivity contribution in [2.24, 2.45) is 5.73 Å². The number of benzene rings is 1. The third-order valence-corrected chi connectivity index (χ3v) is 5.30. The van der Waals surface area contributed by atoms with Gasteiger partial charge < -0.3 is 16.5 Å². The second-order valence-corrected chi connectivity index (χ2v) is 7.61.